The number of halogens is 1. The summed E-state index contributed by atoms with van der Waals surface area (Å²) in [5.41, 5.74) is 6.55. The molecule has 4 heteroatoms. The van der Waals surface area contributed by atoms with Gasteiger partial charge in [0, 0.05) is 11.4 Å². The van der Waals surface area contributed by atoms with Crippen LogP contribution in [-0.2, 0) is 12.8 Å². The molecule has 0 fully saturated rings. The van der Waals surface area contributed by atoms with Gasteiger partial charge in [-0.1, -0.05) is 23.7 Å². The highest BCUT2D eigenvalue weighted by molar-refractivity contribution is 6.30. The van der Waals surface area contributed by atoms with Gasteiger partial charge in [-0.15, -0.1) is 0 Å². The highest BCUT2D eigenvalue weighted by Crippen LogP contribution is 2.14. The topological polar surface area (TPSA) is 52.0 Å². The Labute approximate surface area is 92.9 Å². The van der Waals surface area contributed by atoms with E-state index in [2.05, 4.69) is 4.98 Å². The fourth-order valence-electron chi connectivity index (χ4n) is 1.40. The Balaban J connectivity index is 1.99. The van der Waals surface area contributed by atoms with Crippen LogP contribution in [0, 0.1) is 0 Å². The van der Waals surface area contributed by atoms with Gasteiger partial charge in [0.2, 0.25) is 0 Å². The lowest BCUT2D eigenvalue weighted by Crippen LogP contribution is -1.89. The van der Waals surface area contributed by atoms with Crippen LogP contribution in [0.4, 0.5) is 6.01 Å². The third-order valence-corrected chi connectivity index (χ3v) is 2.36. The Kier molecular flexibility index (Phi) is 2.92. The maximum absolute atomic E-state index is 5.87. The van der Waals surface area contributed by atoms with E-state index in [0.29, 0.717) is 0 Å². The minimum Gasteiger partial charge on any atom is -0.429 e. The molecule has 2 aromatic rings. The number of nitrogen functional groups attached to an aromatic ring is 1. The molecule has 0 saturated carbocycles. The second-order valence-electron chi connectivity index (χ2n) is 3.29. The van der Waals surface area contributed by atoms with Gasteiger partial charge >= 0.3 is 0 Å². The molecular formula is C11H11ClN2O. The van der Waals surface area contributed by atoms with Gasteiger partial charge in [0.05, 0.1) is 6.20 Å². The Morgan fingerprint density at radius 3 is 2.87 bits per heavy atom. The van der Waals surface area contributed by atoms with E-state index in [9.17, 15) is 0 Å². The number of hydrogen-bond acceptors (Lipinski definition) is 3. The zero-order valence-electron chi connectivity index (χ0n) is 8.11. The van der Waals surface area contributed by atoms with E-state index in [-0.39, 0.29) is 6.01 Å². The van der Waals surface area contributed by atoms with Crippen LogP contribution in [0.25, 0.3) is 0 Å². The molecule has 0 bridgehead atoms. The summed E-state index contributed by atoms with van der Waals surface area (Å²) in [4.78, 5) is 3.83. The van der Waals surface area contributed by atoms with E-state index in [1.165, 1.54) is 5.56 Å². The van der Waals surface area contributed by atoms with Crippen molar-refractivity contribution in [3.63, 3.8) is 0 Å². The molecule has 1 aromatic carbocycles. The molecule has 1 heterocycles. The van der Waals surface area contributed by atoms with Crippen LogP contribution >= 0.6 is 11.6 Å². The Bertz CT molecular complexity index is 453. The maximum atomic E-state index is 5.87. The quantitative estimate of drug-likeness (QED) is 0.869. The first kappa shape index (κ1) is 10.1. The van der Waals surface area contributed by atoms with Crippen LogP contribution in [0.2, 0.25) is 5.02 Å². The van der Waals surface area contributed by atoms with Crippen molar-refractivity contribution in [1.82, 2.24) is 4.98 Å². The van der Waals surface area contributed by atoms with Crippen molar-refractivity contribution in [3.05, 3.63) is 46.8 Å². The van der Waals surface area contributed by atoms with E-state index in [4.69, 9.17) is 21.8 Å². The van der Waals surface area contributed by atoms with E-state index in [1.54, 1.807) is 6.20 Å². The number of nitrogens with two attached hydrogens (primary N) is 1. The highest BCUT2D eigenvalue weighted by Gasteiger charge is 2.01. The summed E-state index contributed by atoms with van der Waals surface area (Å²) in [6, 6.07) is 7.99. The summed E-state index contributed by atoms with van der Waals surface area (Å²) in [7, 11) is 0. The average molecular weight is 223 g/mol. The summed E-state index contributed by atoms with van der Waals surface area (Å²) in [6.07, 6.45) is 3.31. The molecule has 0 aliphatic rings. The number of aromatic nitrogens is 1. The Hall–Kier alpha value is -1.48. The van der Waals surface area contributed by atoms with Crippen LogP contribution in [0.5, 0.6) is 0 Å². The van der Waals surface area contributed by atoms with Crippen molar-refractivity contribution < 1.29 is 4.42 Å². The van der Waals surface area contributed by atoms with Crippen LogP contribution in [0.1, 0.15) is 11.3 Å². The van der Waals surface area contributed by atoms with E-state index < -0.39 is 0 Å². The van der Waals surface area contributed by atoms with Gasteiger partial charge < -0.3 is 10.2 Å². The molecule has 2 N–H and O–H groups in total. The monoisotopic (exact) mass is 222 g/mol. The third-order valence-electron chi connectivity index (χ3n) is 2.12. The van der Waals surface area contributed by atoms with Crippen LogP contribution in [0.15, 0.2) is 34.9 Å². The average Bonchev–Trinajstić information content (AvgIpc) is 2.62. The molecule has 0 radical (unpaired) electrons. The number of benzene rings is 1. The molecule has 0 amide bonds. The number of nitrogens with zero attached hydrogens (tertiary/aromatic N) is 1. The normalized spacial score (nSPS) is 10.5. The first-order chi connectivity index (χ1) is 7.24. The maximum Gasteiger partial charge on any atom is 0.292 e. The minimum atomic E-state index is 0.219. The fraction of sp³-hybridized carbons (Fsp3) is 0.182. The van der Waals surface area contributed by atoms with Crippen molar-refractivity contribution in [3.8, 4) is 0 Å². The van der Waals surface area contributed by atoms with Gasteiger partial charge in [-0.25, -0.2) is 4.98 Å². The molecule has 0 spiro atoms. The van der Waals surface area contributed by atoms with Crippen molar-refractivity contribution in [2.24, 2.45) is 0 Å². The van der Waals surface area contributed by atoms with Crippen LogP contribution < -0.4 is 5.73 Å². The molecule has 0 aliphatic heterocycles. The minimum absolute atomic E-state index is 0.219. The largest absolute Gasteiger partial charge is 0.429 e. The molecule has 0 aliphatic carbocycles. The molecule has 3 nitrogen and oxygen atoms in total. The van der Waals surface area contributed by atoms with E-state index >= 15 is 0 Å². The third kappa shape index (κ3) is 2.73. The summed E-state index contributed by atoms with van der Waals surface area (Å²) < 4.78 is 5.17. The van der Waals surface area contributed by atoms with E-state index in [1.807, 2.05) is 24.3 Å². The fourth-order valence-corrected chi connectivity index (χ4v) is 1.61. The molecule has 1 aromatic heterocycles. The molecule has 0 atom stereocenters. The summed E-state index contributed by atoms with van der Waals surface area (Å²) in [5, 5.41) is 0.754. The molecule has 0 unspecified atom stereocenters. The predicted molar refractivity (Wildman–Crippen MR) is 59.8 cm³/mol. The van der Waals surface area contributed by atoms with Gasteiger partial charge in [-0.2, -0.15) is 0 Å². The van der Waals surface area contributed by atoms with Crippen molar-refractivity contribution in [2.45, 2.75) is 12.8 Å². The summed E-state index contributed by atoms with van der Waals surface area (Å²) >= 11 is 5.87. The van der Waals surface area contributed by atoms with Crippen molar-refractivity contribution in [1.29, 1.82) is 0 Å². The van der Waals surface area contributed by atoms with Gasteiger partial charge in [0.1, 0.15) is 5.76 Å². The lowest BCUT2D eigenvalue weighted by atomic mass is 10.1. The van der Waals surface area contributed by atoms with Crippen LogP contribution in [-0.4, -0.2) is 4.98 Å². The number of aryl methyl sites for hydroxylation is 2. The number of rotatable bonds is 3. The van der Waals surface area contributed by atoms with Gasteiger partial charge in [0.25, 0.3) is 6.01 Å². The molecule has 2 rings (SSSR count). The van der Waals surface area contributed by atoms with Gasteiger partial charge in [0.15, 0.2) is 0 Å². The van der Waals surface area contributed by atoms with Gasteiger partial charge in [-0.05, 0) is 24.1 Å². The lowest BCUT2D eigenvalue weighted by Gasteiger charge is -1.99. The lowest BCUT2D eigenvalue weighted by molar-refractivity contribution is 0.522. The Morgan fingerprint density at radius 1 is 1.33 bits per heavy atom. The number of hydrogen-bond donors (Lipinski definition) is 1. The second-order valence-corrected chi connectivity index (χ2v) is 3.73. The van der Waals surface area contributed by atoms with Crippen LogP contribution in [0.3, 0.4) is 0 Å². The standard InChI is InChI=1S/C11H11ClN2O/c12-9-3-1-2-8(6-9)4-5-10-7-14-11(13)15-10/h1-3,6-7H,4-5H2,(H2,13,14). The molecular weight excluding hydrogens is 212 g/mol. The Morgan fingerprint density at radius 2 is 2.20 bits per heavy atom. The predicted octanol–water partition coefficient (Wildman–Crippen LogP) is 2.70. The summed E-state index contributed by atoms with van der Waals surface area (Å²) in [6.45, 7) is 0. The first-order valence-corrected chi connectivity index (χ1v) is 5.06. The van der Waals surface area contributed by atoms with Gasteiger partial charge in [-0.3, -0.25) is 0 Å². The smallest absolute Gasteiger partial charge is 0.292 e. The zero-order chi connectivity index (χ0) is 10.7. The van der Waals surface area contributed by atoms with Crippen molar-refractivity contribution in [2.75, 3.05) is 5.73 Å². The second kappa shape index (κ2) is 4.36. The van der Waals surface area contributed by atoms with Crippen molar-refractivity contribution >= 4 is 17.6 Å². The molecule has 78 valence electrons. The molecule has 0 saturated heterocycles. The first-order valence-electron chi connectivity index (χ1n) is 4.68. The number of oxazole rings is 1. The van der Waals surface area contributed by atoms with E-state index in [0.717, 1.165) is 23.6 Å². The number of anilines is 1. The SMILES string of the molecule is Nc1ncc(CCc2cccc(Cl)c2)o1. The molecule has 15 heavy (non-hydrogen) atoms. The highest BCUT2D eigenvalue weighted by atomic mass is 35.5. The zero-order valence-corrected chi connectivity index (χ0v) is 8.87. The summed E-state index contributed by atoms with van der Waals surface area (Å²) in [5.74, 6) is 0.799.